The fourth-order valence-electron chi connectivity index (χ4n) is 3.18. The van der Waals surface area contributed by atoms with E-state index in [0.717, 1.165) is 39.9 Å². The van der Waals surface area contributed by atoms with Crippen molar-refractivity contribution in [3.63, 3.8) is 0 Å². The van der Waals surface area contributed by atoms with Crippen molar-refractivity contribution in [2.24, 2.45) is 5.73 Å². The van der Waals surface area contributed by atoms with Gasteiger partial charge in [0.2, 0.25) is 0 Å². The van der Waals surface area contributed by atoms with E-state index >= 15 is 0 Å². The Morgan fingerprint density at radius 2 is 1.92 bits per heavy atom. The molecule has 0 fully saturated rings. The van der Waals surface area contributed by atoms with Gasteiger partial charge in [-0.2, -0.15) is 11.3 Å². The van der Waals surface area contributed by atoms with Crippen molar-refractivity contribution < 1.29 is 4.74 Å². The lowest BCUT2D eigenvalue weighted by molar-refractivity contribution is 0.415. The number of ether oxygens (including phenoxy) is 1. The van der Waals surface area contributed by atoms with Crippen LogP contribution in [0.4, 0.5) is 0 Å². The van der Waals surface area contributed by atoms with E-state index < -0.39 is 0 Å². The summed E-state index contributed by atoms with van der Waals surface area (Å²) in [7, 11) is 1.67. The summed E-state index contributed by atoms with van der Waals surface area (Å²) in [6.45, 7) is 0. The number of aromatic nitrogens is 1. The van der Waals surface area contributed by atoms with Crippen LogP contribution in [0.3, 0.4) is 0 Å². The molecule has 2 aromatic heterocycles. The van der Waals surface area contributed by atoms with Crippen LogP contribution < -0.4 is 10.5 Å². The van der Waals surface area contributed by atoms with Gasteiger partial charge in [0.25, 0.3) is 0 Å². The van der Waals surface area contributed by atoms with Crippen LogP contribution in [0.25, 0.3) is 22.2 Å². The standard InChI is InChI=1S/C22H20N2OS/c1-25-18-8-7-16-12-19(20(23)11-15-5-3-2-4-6-15)22(24-21(16)13-18)17-9-10-26-14-17/h2-10,12-14,20H,11,23H2,1H3. The van der Waals surface area contributed by atoms with Crippen LogP contribution >= 0.6 is 11.3 Å². The minimum atomic E-state index is -0.119. The first-order chi connectivity index (χ1) is 12.7. The summed E-state index contributed by atoms with van der Waals surface area (Å²) in [6, 6.07) is 20.5. The molecule has 1 unspecified atom stereocenters. The molecule has 0 amide bonds. The maximum Gasteiger partial charge on any atom is 0.121 e. The highest BCUT2D eigenvalue weighted by Crippen LogP contribution is 2.32. The molecule has 2 aromatic carbocycles. The van der Waals surface area contributed by atoms with Crippen LogP contribution in [0.1, 0.15) is 17.2 Å². The Balaban J connectivity index is 1.82. The van der Waals surface area contributed by atoms with Crippen LogP contribution in [0.15, 0.2) is 71.4 Å². The summed E-state index contributed by atoms with van der Waals surface area (Å²) in [6.07, 6.45) is 0.779. The average Bonchev–Trinajstić information content (AvgIpc) is 3.22. The van der Waals surface area contributed by atoms with E-state index in [2.05, 4.69) is 35.0 Å². The van der Waals surface area contributed by atoms with Crippen LogP contribution in [0.5, 0.6) is 5.75 Å². The molecule has 0 aliphatic rings. The quantitative estimate of drug-likeness (QED) is 0.531. The van der Waals surface area contributed by atoms with Crippen molar-refractivity contribution in [2.45, 2.75) is 12.5 Å². The number of fused-ring (bicyclic) bond motifs is 1. The van der Waals surface area contributed by atoms with Gasteiger partial charge >= 0.3 is 0 Å². The Morgan fingerprint density at radius 1 is 1.08 bits per heavy atom. The smallest absolute Gasteiger partial charge is 0.121 e. The first-order valence-corrected chi connectivity index (χ1v) is 9.49. The lowest BCUT2D eigenvalue weighted by Gasteiger charge is -2.17. The summed E-state index contributed by atoms with van der Waals surface area (Å²) < 4.78 is 5.35. The maximum atomic E-state index is 6.62. The monoisotopic (exact) mass is 360 g/mol. The Hall–Kier alpha value is -2.69. The zero-order valence-corrected chi connectivity index (χ0v) is 15.4. The normalized spacial score (nSPS) is 12.2. The maximum absolute atomic E-state index is 6.62. The van der Waals surface area contributed by atoms with Crippen LogP contribution in [0.2, 0.25) is 0 Å². The highest BCUT2D eigenvalue weighted by Gasteiger charge is 2.17. The summed E-state index contributed by atoms with van der Waals surface area (Å²) in [5.41, 5.74) is 11.9. The van der Waals surface area contributed by atoms with Crippen LogP contribution in [-0.2, 0) is 6.42 Å². The third kappa shape index (κ3) is 3.34. The van der Waals surface area contributed by atoms with Gasteiger partial charge < -0.3 is 10.5 Å². The molecule has 0 aliphatic heterocycles. The molecule has 0 radical (unpaired) electrons. The number of thiophene rings is 1. The van der Waals surface area contributed by atoms with Crippen molar-refractivity contribution in [1.82, 2.24) is 4.98 Å². The molecular formula is C22H20N2OS. The van der Waals surface area contributed by atoms with E-state index in [1.54, 1.807) is 18.4 Å². The van der Waals surface area contributed by atoms with Gasteiger partial charge in [-0.1, -0.05) is 30.3 Å². The number of pyridine rings is 1. The molecule has 26 heavy (non-hydrogen) atoms. The Morgan fingerprint density at radius 3 is 2.65 bits per heavy atom. The molecule has 0 aliphatic carbocycles. The molecule has 0 spiro atoms. The fourth-order valence-corrected chi connectivity index (χ4v) is 3.82. The van der Waals surface area contributed by atoms with Gasteiger partial charge in [0, 0.05) is 28.4 Å². The van der Waals surface area contributed by atoms with E-state index in [1.807, 2.05) is 36.4 Å². The molecule has 0 saturated carbocycles. The molecule has 2 N–H and O–H groups in total. The zero-order valence-electron chi connectivity index (χ0n) is 14.6. The number of nitrogens with zero attached hydrogens (tertiary/aromatic N) is 1. The SMILES string of the molecule is COc1ccc2cc(C(N)Cc3ccccc3)c(-c3ccsc3)nc2c1. The van der Waals surface area contributed by atoms with Gasteiger partial charge in [-0.25, -0.2) is 4.98 Å². The second kappa shape index (κ2) is 7.28. The minimum absolute atomic E-state index is 0.119. The van der Waals surface area contributed by atoms with Crippen molar-refractivity contribution in [1.29, 1.82) is 0 Å². The van der Waals surface area contributed by atoms with Crippen LogP contribution in [-0.4, -0.2) is 12.1 Å². The van der Waals surface area contributed by atoms with Crippen molar-refractivity contribution in [3.8, 4) is 17.0 Å². The number of rotatable bonds is 5. The zero-order chi connectivity index (χ0) is 17.9. The number of hydrogen-bond donors (Lipinski definition) is 1. The third-order valence-electron chi connectivity index (χ3n) is 4.55. The molecule has 3 nitrogen and oxygen atoms in total. The Labute approximate surface area is 157 Å². The van der Waals surface area contributed by atoms with E-state index in [-0.39, 0.29) is 6.04 Å². The fraction of sp³-hybridized carbons (Fsp3) is 0.136. The molecular weight excluding hydrogens is 340 g/mol. The molecule has 0 saturated heterocycles. The predicted molar refractivity (Wildman–Crippen MR) is 109 cm³/mol. The molecule has 4 rings (SSSR count). The number of benzene rings is 2. The highest BCUT2D eigenvalue weighted by molar-refractivity contribution is 7.08. The Kier molecular flexibility index (Phi) is 4.69. The van der Waals surface area contributed by atoms with E-state index in [1.165, 1.54) is 5.56 Å². The highest BCUT2D eigenvalue weighted by atomic mass is 32.1. The molecule has 0 bridgehead atoms. The number of nitrogens with two attached hydrogens (primary N) is 1. The lowest BCUT2D eigenvalue weighted by Crippen LogP contribution is -2.15. The summed E-state index contributed by atoms with van der Waals surface area (Å²) in [5, 5.41) is 5.26. The van der Waals surface area contributed by atoms with Crippen molar-refractivity contribution >= 4 is 22.2 Å². The minimum Gasteiger partial charge on any atom is -0.497 e. The van der Waals surface area contributed by atoms with E-state index in [9.17, 15) is 0 Å². The first kappa shape index (κ1) is 16.8. The van der Waals surface area contributed by atoms with Gasteiger partial charge in [-0.05, 0) is 47.2 Å². The van der Waals surface area contributed by atoms with Gasteiger partial charge in [0.05, 0.1) is 18.3 Å². The first-order valence-electron chi connectivity index (χ1n) is 8.55. The van der Waals surface area contributed by atoms with Crippen LogP contribution in [0, 0.1) is 0 Å². The van der Waals surface area contributed by atoms with Gasteiger partial charge in [-0.15, -0.1) is 0 Å². The summed E-state index contributed by atoms with van der Waals surface area (Å²) in [5.74, 6) is 0.808. The predicted octanol–water partition coefficient (Wildman–Crippen LogP) is 5.21. The number of methoxy groups -OCH3 is 1. The van der Waals surface area contributed by atoms with E-state index in [0.29, 0.717) is 0 Å². The van der Waals surface area contributed by atoms with Gasteiger partial charge in [0.15, 0.2) is 0 Å². The molecule has 2 heterocycles. The summed E-state index contributed by atoms with van der Waals surface area (Å²) in [4.78, 5) is 4.94. The molecule has 1 atom stereocenters. The van der Waals surface area contributed by atoms with Crippen molar-refractivity contribution in [3.05, 3.63) is 82.6 Å². The van der Waals surface area contributed by atoms with Gasteiger partial charge in [0.1, 0.15) is 5.75 Å². The van der Waals surface area contributed by atoms with E-state index in [4.69, 9.17) is 15.5 Å². The third-order valence-corrected chi connectivity index (χ3v) is 5.23. The molecule has 4 aromatic rings. The largest absolute Gasteiger partial charge is 0.497 e. The summed E-state index contributed by atoms with van der Waals surface area (Å²) >= 11 is 1.67. The van der Waals surface area contributed by atoms with Gasteiger partial charge in [-0.3, -0.25) is 0 Å². The molecule has 4 heteroatoms. The van der Waals surface area contributed by atoms with Crippen molar-refractivity contribution in [2.75, 3.05) is 7.11 Å². The topological polar surface area (TPSA) is 48.1 Å². The lowest BCUT2D eigenvalue weighted by atomic mass is 9.95. The number of hydrogen-bond acceptors (Lipinski definition) is 4. The Bertz CT molecular complexity index is 1010. The average molecular weight is 360 g/mol. The second-order valence-corrected chi connectivity index (χ2v) is 7.07. The second-order valence-electron chi connectivity index (χ2n) is 6.29. The molecule has 130 valence electrons.